The van der Waals surface area contributed by atoms with Crippen LogP contribution in [0.3, 0.4) is 0 Å². The van der Waals surface area contributed by atoms with Gasteiger partial charge in [-0.15, -0.1) is 0 Å². The largest absolute Gasteiger partial charge is 0.328 e. The highest BCUT2D eigenvalue weighted by Gasteiger charge is 2.11. The Hall–Kier alpha value is -1.31. The molecule has 1 aromatic heterocycles. The van der Waals surface area contributed by atoms with Crippen LogP contribution in [0.5, 0.6) is 0 Å². The second kappa shape index (κ2) is 6.74. The van der Waals surface area contributed by atoms with E-state index in [2.05, 4.69) is 49.6 Å². The van der Waals surface area contributed by atoms with Gasteiger partial charge >= 0.3 is 0 Å². The monoisotopic (exact) mass is 258 g/mol. The van der Waals surface area contributed by atoms with E-state index >= 15 is 0 Å². The standard InChI is InChI=1S/C17H26N2/c1-4-5-6-9-12-19-16-11-8-7-10-15(16)18-17(19)13-14(2)3/h7-8,10-11,14H,4-6,9,12-13H2,1-3H3. The first-order valence-corrected chi connectivity index (χ1v) is 7.66. The average Bonchev–Trinajstić information content (AvgIpc) is 2.72. The molecule has 2 nitrogen and oxygen atoms in total. The number of benzene rings is 1. The Morgan fingerprint density at radius 3 is 2.63 bits per heavy atom. The van der Waals surface area contributed by atoms with E-state index in [4.69, 9.17) is 4.98 Å². The van der Waals surface area contributed by atoms with E-state index in [1.54, 1.807) is 0 Å². The molecule has 0 aliphatic heterocycles. The Morgan fingerprint density at radius 2 is 1.89 bits per heavy atom. The van der Waals surface area contributed by atoms with Crippen molar-refractivity contribution in [1.82, 2.24) is 9.55 Å². The minimum absolute atomic E-state index is 0.659. The maximum Gasteiger partial charge on any atom is 0.110 e. The van der Waals surface area contributed by atoms with Gasteiger partial charge in [0.25, 0.3) is 0 Å². The second-order valence-electron chi connectivity index (χ2n) is 5.83. The number of fused-ring (bicyclic) bond motifs is 1. The first-order valence-electron chi connectivity index (χ1n) is 7.66. The molecule has 19 heavy (non-hydrogen) atoms. The zero-order valence-corrected chi connectivity index (χ0v) is 12.5. The van der Waals surface area contributed by atoms with Crippen LogP contribution in [0.15, 0.2) is 24.3 Å². The molecule has 2 rings (SSSR count). The quantitative estimate of drug-likeness (QED) is 0.651. The molecule has 0 bridgehead atoms. The molecule has 0 N–H and O–H groups in total. The summed E-state index contributed by atoms with van der Waals surface area (Å²) in [5.41, 5.74) is 2.45. The van der Waals surface area contributed by atoms with Crippen molar-refractivity contribution in [3.63, 3.8) is 0 Å². The molecule has 2 heteroatoms. The van der Waals surface area contributed by atoms with Crippen molar-refractivity contribution in [3.05, 3.63) is 30.1 Å². The molecular formula is C17H26N2. The van der Waals surface area contributed by atoms with Crippen molar-refractivity contribution >= 4 is 11.0 Å². The summed E-state index contributed by atoms with van der Waals surface area (Å²) in [6, 6.07) is 8.52. The van der Waals surface area contributed by atoms with E-state index in [0.29, 0.717) is 5.92 Å². The summed E-state index contributed by atoms with van der Waals surface area (Å²) in [7, 11) is 0. The lowest BCUT2D eigenvalue weighted by Crippen LogP contribution is -2.07. The van der Waals surface area contributed by atoms with Gasteiger partial charge in [-0.1, -0.05) is 52.2 Å². The first kappa shape index (κ1) is 14.1. The third-order valence-electron chi connectivity index (χ3n) is 3.56. The fourth-order valence-electron chi connectivity index (χ4n) is 2.59. The number of imidazole rings is 1. The van der Waals surface area contributed by atoms with Crippen LogP contribution in [0.2, 0.25) is 0 Å². The Morgan fingerprint density at radius 1 is 1.11 bits per heavy atom. The minimum atomic E-state index is 0.659. The molecule has 0 amide bonds. The molecule has 1 aromatic carbocycles. The number of rotatable bonds is 7. The number of para-hydroxylation sites is 2. The van der Waals surface area contributed by atoms with E-state index in [-0.39, 0.29) is 0 Å². The summed E-state index contributed by atoms with van der Waals surface area (Å²) in [4.78, 5) is 4.81. The molecule has 0 saturated heterocycles. The van der Waals surface area contributed by atoms with Gasteiger partial charge in [-0.3, -0.25) is 0 Å². The van der Waals surface area contributed by atoms with Crippen LogP contribution in [0.4, 0.5) is 0 Å². The minimum Gasteiger partial charge on any atom is -0.328 e. The highest BCUT2D eigenvalue weighted by Crippen LogP contribution is 2.19. The van der Waals surface area contributed by atoms with Crippen LogP contribution >= 0.6 is 0 Å². The summed E-state index contributed by atoms with van der Waals surface area (Å²) in [5, 5.41) is 0. The van der Waals surface area contributed by atoms with Crippen LogP contribution in [-0.4, -0.2) is 9.55 Å². The molecule has 0 atom stereocenters. The van der Waals surface area contributed by atoms with Crippen molar-refractivity contribution in [2.75, 3.05) is 0 Å². The number of aryl methyl sites for hydroxylation is 1. The van der Waals surface area contributed by atoms with Gasteiger partial charge in [0.15, 0.2) is 0 Å². The van der Waals surface area contributed by atoms with Crippen LogP contribution in [0, 0.1) is 5.92 Å². The van der Waals surface area contributed by atoms with Gasteiger partial charge in [0, 0.05) is 13.0 Å². The Bertz CT molecular complexity index is 511. The molecule has 0 saturated carbocycles. The third kappa shape index (κ3) is 3.59. The van der Waals surface area contributed by atoms with Crippen LogP contribution in [-0.2, 0) is 13.0 Å². The first-order chi connectivity index (χ1) is 9.22. The van der Waals surface area contributed by atoms with Crippen molar-refractivity contribution in [3.8, 4) is 0 Å². The second-order valence-corrected chi connectivity index (χ2v) is 5.83. The third-order valence-corrected chi connectivity index (χ3v) is 3.56. The predicted octanol–water partition coefficient (Wildman–Crippen LogP) is 4.82. The van der Waals surface area contributed by atoms with Crippen molar-refractivity contribution in [1.29, 1.82) is 0 Å². The highest BCUT2D eigenvalue weighted by molar-refractivity contribution is 5.75. The fraction of sp³-hybridized carbons (Fsp3) is 0.588. The summed E-state index contributed by atoms with van der Waals surface area (Å²) in [5.74, 6) is 1.92. The molecule has 0 fully saturated rings. The van der Waals surface area contributed by atoms with Gasteiger partial charge in [0.2, 0.25) is 0 Å². The number of aromatic nitrogens is 2. The van der Waals surface area contributed by atoms with Crippen LogP contribution < -0.4 is 0 Å². The maximum atomic E-state index is 4.81. The maximum absolute atomic E-state index is 4.81. The molecule has 0 spiro atoms. The molecule has 0 unspecified atom stereocenters. The Balaban J connectivity index is 2.21. The average molecular weight is 258 g/mol. The van der Waals surface area contributed by atoms with Gasteiger partial charge in [-0.2, -0.15) is 0 Å². The molecule has 0 radical (unpaired) electrons. The SMILES string of the molecule is CCCCCCn1c(CC(C)C)nc2ccccc21. The molecular weight excluding hydrogens is 232 g/mol. The van der Waals surface area contributed by atoms with Gasteiger partial charge in [-0.25, -0.2) is 4.98 Å². The van der Waals surface area contributed by atoms with E-state index in [1.165, 1.54) is 37.0 Å². The Kier molecular flexibility index (Phi) is 5.00. The zero-order valence-electron chi connectivity index (χ0n) is 12.5. The summed E-state index contributed by atoms with van der Waals surface area (Å²) >= 11 is 0. The molecule has 0 aliphatic carbocycles. The van der Waals surface area contributed by atoms with Crippen LogP contribution in [0.25, 0.3) is 11.0 Å². The molecule has 1 heterocycles. The lowest BCUT2D eigenvalue weighted by Gasteiger charge is -2.10. The lowest BCUT2D eigenvalue weighted by atomic mass is 10.1. The van der Waals surface area contributed by atoms with Crippen LogP contribution in [0.1, 0.15) is 52.3 Å². The smallest absolute Gasteiger partial charge is 0.110 e. The summed E-state index contributed by atoms with van der Waals surface area (Å²) in [6.45, 7) is 7.90. The van der Waals surface area contributed by atoms with Crippen molar-refractivity contribution < 1.29 is 0 Å². The molecule has 2 aromatic rings. The summed E-state index contributed by atoms with van der Waals surface area (Å²) in [6.07, 6.45) is 6.29. The van der Waals surface area contributed by atoms with Crippen molar-refractivity contribution in [2.45, 2.75) is 59.4 Å². The topological polar surface area (TPSA) is 17.8 Å². The number of unbranched alkanes of at least 4 members (excludes halogenated alkanes) is 3. The van der Waals surface area contributed by atoms with Crippen molar-refractivity contribution in [2.24, 2.45) is 5.92 Å². The lowest BCUT2D eigenvalue weighted by molar-refractivity contribution is 0.544. The van der Waals surface area contributed by atoms with Gasteiger partial charge in [-0.05, 0) is 24.5 Å². The number of nitrogens with zero attached hydrogens (tertiary/aromatic N) is 2. The van der Waals surface area contributed by atoms with Gasteiger partial charge in [0.1, 0.15) is 5.82 Å². The van der Waals surface area contributed by atoms with E-state index in [0.717, 1.165) is 18.5 Å². The zero-order chi connectivity index (χ0) is 13.7. The highest BCUT2D eigenvalue weighted by atomic mass is 15.1. The Labute approximate surface area is 116 Å². The summed E-state index contributed by atoms with van der Waals surface area (Å²) < 4.78 is 2.44. The number of hydrogen-bond acceptors (Lipinski definition) is 1. The predicted molar refractivity (Wildman–Crippen MR) is 82.4 cm³/mol. The van der Waals surface area contributed by atoms with E-state index < -0.39 is 0 Å². The van der Waals surface area contributed by atoms with Gasteiger partial charge < -0.3 is 4.57 Å². The molecule has 104 valence electrons. The van der Waals surface area contributed by atoms with Gasteiger partial charge in [0.05, 0.1) is 11.0 Å². The number of hydrogen-bond donors (Lipinski definition) is 0. The van der Waals surface area contributed by atoms with E-state index in [9.17, 15) is 0 Å². The molecule has 0 aliphatic rings. The fourth-order valence-corrected chi connectivity index (χ4v) is 2.59. The normalized spacial score (nSPS) is 11.6. The van der Waals surface area contributed by atoms with E-state index in [1.807, 2.05) is 0 Å².